The van der Waals surface area contributed by atoms with Crippen molar-refractivity contribution in [3.05, 3.63) is 35.4 Å². The van der Waals surface area contributed by atoms with Gasteiger partial charge >= 0.3 is 0 Å². The van der Waals surface area contributed by atoms with Gasteiger partial charge in [0, 0.05) is 39.3 Å². The molecule has 4 heteroatoms. The Bertz CT molecular complexity index is 344. The molecule has 1 saturated heterocycles. The number of rotatable bonds is 5. The normalized spacial score (nSPS) is 16.7. The summed E-state index contributed by atoms with van der Waals surface area (Å²) in [6.45, 7) is 6.03. The van der Waals surface area contributed by atoms with E-state index in [0.29, 0.717) is 6.54 Å². The molecule has 0 aliphatic carbocycles. The molecule has 1 fully saturated rings. The van der Waals surface area contributed by atoms with Gasteiger partial charge in [0.25, 0.3) is 0 Å². The van der Waals surface area contributed by atoms with Crippen LogP contribution in [0.1, 0.15) is 11.1 Å². The molecule has 1 aliphatic heterocycles. The Balaban J connectivity index is 1.86. The first kappa shape index (κ1) is 12.1. The second-order valence-corrected chi connectivity index (χ2v) is 4.34. The fourth-order valence-electron chi connectivity index (χ4n) is 2.05. The molecule has 2 rings (SSSR count). The first-order valence-electron chi connectivity index (χ1n) is 6.06. The molecule has 1 aliphatic rings. The number of carbonyl (C=O) groups excluding carboxylic acids is 1. The summed E-state index contributed by atoms with van der Waals surface area (Å²) < 4.78 is 0. The van der Waals surface area contributed by atoms with Crippen molar-refractivity contribution in [2.75, 3.05) is 26.2 Å². The van der Waals surface area contributed by atoms with E-state index in [1.807, 2.05) is 0 Å². The zero-order chi connectivity index (χ0) is 11.9. The lowest BCUT2D eigenvalue weighted by Gasteiger charge is -2.27. The molecule has 0 saturated carbocycles. The summed E-state index contributed by atoms with van der Waals surface area (Å²) in [5, 5.41) is 6.02. The van der Waals surface area contributed by atoms with E-state index in [1.54, 1.807) is 0 Å². The molecule has 1 amide bonds. The molecule has 1 heterocycles. The lowest BCUT2D eigenvalue weighted by Crippen LogP contribution is -2.42. The molecule has 0 unspecified atom stereocenters. The van der Waals surface area contributed by atoms with Gasteiger partial charge in [-0.1, -0.05) is 24.3 Å². The van der Waals surface area contributed by atoms with Gasteiger partial charge in [-0.05, 0) is 11.1 Å². The van der Waals surface area contributed by atoms with Crippen LogP contribution in [0.5, 0.6) is 0 Å². The second kappa shape index (κ2) is 6.37. The van der Waals surface area contributed by atoms with Crippen molar-refractivity contribution < 1.29 is 4.79 Å². The first-order chi connectivity index (χ1) is 8.38. The van der Waals surface area contributed by atoms with Crippen LogP contribution in [-0.4, -0.2) is 37.5 Å². The van der Waals surface area contributed by atoms with Gasteiger partial charge in [0.05, 0.1) is 0 Å². The molecule has 1 aromatic carbocycles. The molecular formula is C13H19N3O. The molecule has 1 aromatic rings. The summed E-state index contributed by atoms with van der Waals surface area (Å²) in [7, 11) is 0. The fraction of sp³-hybridized carbons (Fsp3) is 0.462. The van der Waals surface area contributed by atoms with Gasteiger partial charge in [-0.15, -0.1) is 0 Å². The van der Waals surface area contributed by atoms with Crippen molar-refractivity contribution in [1.29, 1.82) is 0 Å². The highest BCUT2D eigenvalue weighted by Crippen LogP contribution is 2.08. The first-order valence-corrected chi connectivity index (χ1v) is 6.06. The van der Waals surface area contributed by atoms with Crippen LogP contribution in [0, 0.1) is 0 Å². The number of benzene rings is 1. The van der Waals surface area contributed by atoms with Crippen LogP contribution in [0.15, 0.2) is 24.3 Å². The van der Waals surface area contributed by atoms with Gasteiger partial charge in [0.2, 0.25) is 6.41 Å². The molecular weight excluding hydrogens is 214 g/mol. The highest BCUT2D eigenvalue weighted by atomic mass is 16.1. The highest BCUT2D eigenvalue weighted by Gasteiger charge is 2.09. The molecule has 0 radical (unpaired) electrons. The largest absolute Gasteiger partial charge is 0.355 e. The van der Waals surface area contributed by atoms with Crippen LogP contribution in [0.3, 0.4) is 0 Å². The SMILES string of the molecule is O=CNCc1ccc(CN2CCNCC2)cc1. The third-order valence-electron chi connectivity index (χ3n) is 3.03. The van der Waals surface area contributed by atoms with E-state index in [4.69, 9.17) is 0 Å². The van der Waals surface area contributed by atoms with E-state index < -0.39 is 0 Å². The van der Waals surface area contributed by atoms with Crippen LogP contribution in [0.25, 0.3) is 0 Å². The van der Waals surface area contributed by atoms with Crippen LogP contribution in [0.4, 0.5) is 0 Å². The second-order valence-electron chi connectivity index (χ2n) is 4.34. The topological polar surface area (TPSA) is 44.4 Å². The van der Waals surface area contributed by atoms with Crippen LogP contribution >= 0.6 is 0 Å². The number of hydrogen-bond donors (Lipinski definition) is 2. The van der Waals surface area contributed by atoms with E-state index in [2.05, 4.69) is 39.8 Å². The Morgan fingerprint density at radius 2 is 1.82 bits per heavy atom. The summed E-state index contributed by atoms with van der Waals surface area (Å²) in [6.07, 6.45) is 0.731. The van der Waals surface area contributed by atoms with Crippen molar-refractivity contribution in [2.45, 2.75) is 13.1 Å². The predicted octanol–water partition coefficient (Wildman–Crippen LogP) is 0.338. The summed E-state index contributed by atoms with van der Waals surface area (Å²) in [4.78, 5) is 12.6. The number of amides is 1. The van der Waals surface area contributed by atoms with Crippen molar-refractivity contribution >= 4 is 6.41 Å². The summed E-state index contributed by atoms with van der Waals surface area (Å²) >= 11 is 0. The Kier molecular flexibility index (Phi) is 4.53. The standard InChI is InChI=1S/C13H19N3O/c17-11-15-9-12-1-3-13(4-2-12)10-16-7-5-14-6-8-16/h1-4,11,14H,5-10H2,(H,15,17). The molecule has 0 aromatic heterocycles. The number of carbonyl (C=O) groups is 1. The Hall–Kier alpha value is -1.39. The summed E-state index contributed by atoms with van der Waals surface area (Å²) in [5.41, 5.74) is 2.47. The lowest BCUT2D eigenvalue weighted by atomic mass is 10.1. The molecule has 0 atom stereocenters. The summed E-state index contributed by atoms with van der Waals surface area (Å²) in [6, 6.07) is 8.44. The van der Waals surface area contributed by atoms with Crippen molar-refractivity contribution in [2.24, 2.45) is 0 Å². The zero-order valence-electron chi connectivity index (χ0n) is 9.98. The van der Waals surface area contributed by atoms with Crippen molar-refractivity contribution in [3.63, 3.8) is 0 Å². The van der Waals surface area contributed by atoms with E-state index in [1.165, 1.54) is 5.56 Å². The maximum Gasteiger partial charge on any atom is 0.207 e. The van der Waals surface area contributed by atoms with Gasteiger partial charge in [-0.25, -0.2) is 0 Å². The molecule has 2 N–H and O–H groups in total. The fourth-order valence-corrected chi connectivity index (χ4v) is 2.05. The van der Waals surface area contributed by atoms with Gasteiger partial charge in [-0.3, -0.25) is 9.69 Å². The van der Waals surface area contributed by atoms with E-state index in [0.717, 1.165) is 44.7 Å². The Labute approximate surface area is 102 Å². The van der Waals surface area contributed by atoms with Gasteiger partial charge in [-0.2, -0.15) is 0 Å². The minimum atomic E-state index is 0.609. The van der Waals surface area contributed by atoms with Gasteiger partial charge in [0.1, 0.15) is 0 Å². The monoisotopic (exact) mass is 233 g/mol. The Morgan fingerprint density at radius 1 is 1.18 bits per heavy atom. The van der Waals surface area contributed by atoms with Crippen molar-refractivity contribution in [3.8, 4) is 0 Å². The number of piperazine rings is 1. The smallest absolute Gasteiger partial charge is 0.207 e. The third-order valence-corrected chi connectivity index (χ3v) is 3.03. The van der Waals surface area contributed by atoms with Crippen LogP contribution < -0.4 is 10.6 Å². The predicted molar refractivity (Wildman–Crippen MR) is 67.5 cm³/mol. The highest BCUT2D eigenvalue weighted by molar-refractivity contribution is 5.46. The molecule has 17 heavy (non-hydrogen) atoms. The zero-order valence-corrected chi connectivity index (χ0v) is 9.98. The van der Waals surface area contributed by atoms with E-state index >= 15 is 0 Å². The minimum absolute atomic E-state index is 0.609. The lowest BCUT2D eigenvalue weighted by molar-refractivity contribution is -0.109. The Morgan fingerprint density at radius 3 is 2.47 bits per heavy atom. The average molecular weight is 233 g/mol. The third kappa shape index (κ3) is 3.84. The van der Waals surface area contributed by atoms with E-state index in [9.17, 15) is 4.79 Å². The minimum Gasteiger partial charge on any atom is -0.355 e. The summed E-state index contributed by atoms with van der Waals surface area (Å²) in [5.74, 6) is 0. The maximum atomic E-state index is 10.2. The van der Waals surface area contributed by atoms with E-state index in [-0.39, 0.29) is 0 Å². The van der Waals surface area contributed by atoms with Crippen molar-refractivity contribution in [1.82, 2.24) is 15.5 Å². The average Bonchev–Trinajstić information content (AvgIpc) is 2.39. The molecule has 0 bridgehead atoms. The van der Waals surface area contributed by atoms with Gasteiger partial charge < -0.3 is 10.6 Å². The number of nitrogens with one attached hydrogen (secondary N) is 2. The van der Waals surface area contributed by atoms with Crippen LogP contribution in [0.2, 0.25) is 0 Å². The number of nitrogens with zero attached hydrogens (tertiary/aromatic N) is 1. The maximum absolute atomic E-state index is 10.2. The molecule has 92 valence electrons. The van der Waals surface area contributed by atoms with Gasteiger partial charge in [0.15, 0.2) is 0 Å². The number of hydrogen-bond acceptors (Lipinski definition) is 3. The molecule has 0 spiro atoms. The van der Waals surface area contributed by atoms with Crippen LogP contribution in [-0.2, 0) is 17.9 Å². The molecule has 4 nitrogen and oxygen atoms in total. The quantitative estimate of drug-likeness (QED) is 0.721.